The summed E-state index contributed by atoms with van der Waals surface area (Å²) in [6, 6.07) is 2.14. The first kappa shape index (κ1) is 13.9. The van der Waals surface area contributed by atoms with E-state index >= 15 is 0 Å². The van der Waals surface area contributed by atoms with Crippen molar-refractivity contribution in [2.45, 2.75) is 37.5 Å². The van der Waals surface area contributed by atoms with E-state index in [1.165, 1.54) is 0 Å². The van der Waals surface area contributed by atoms with Crippen molar-refractivity contribution < 1.29 is 14.3 Å². The molecule has 3 fully saturated rings. The highest BCUT2D eigenvalue weighted by Gasteiger charge is 2.41. The highest BCUT2D eigenvalue weighted by molar-refractivity contribution is 5.92. The van der Waals surface area contributed by atoms with Crippen LogP contribution in [0.3, 0.4) is 0 Å². The summed E-state index contributed by atoms with van der Waals surface area (Å²) < 4.78 is 11.4. The molecule has 0 bridgehead atoms. The summed E-state index contributed by atoms with van der Waals surface area (Å²) in [6.07, 6.45) is 5.37. The van der Waals surface area contributed by atoms with E-state index in [0.717, 1.165) is 25.7 Å². The normalized spacial score (nSPS) is 23.7. The molecule has 7 heteroatoms. The Labute approximate surface area is 129 Å². The Bertz CT molecular complexity index is 560. The summed E-state index contributed by atoms with van der Waals surface area (Å²) >= 11 is 0. The van der Waals surface area contributed by atoms with Crippen molar-refractivity contribution in [1.82, 2.24) is 14.9 Å². The van der Waals surface area contributed by atoms with E-state index in [2.05, 4.69) is 15.3 Å². The van der Waals surface area contributed by atoms with Gasteiger partial charge < -0.3 is 19.7 Å². The number of nitrogens with zero attached hydrogens (tertiary/aromatic N) is 3. The maximum atomic E-state index is 12.6. The number of nitrogens with one attached hydrogen (secondary N) is 1. The molecule has 1 aromatic rings. The number of amides is 1. The highest BCUT2D eigenvalue weighted by atomic mass is 16.7. The standard InChI is InChI=1S/C15H20N4O3/c20-13(12-3-6-16-14(18-12)17-11-1-2-11)19-7-4-15(5-8-19)21-9-10-22-15/h3,6,11H,1-2,4-5,7-10H2,(H,16,17,18). The Hall–Kier alpha value is -1.73. The van der Waals surface area contributed by atoms with Gasteiger partial charge in [-0.05, 0) is 18.9 Å². The van der Waals surface area contributed by atoms with E-state index in [9.17, 15) is 4.79 Å². The molecule has 1 amide bonds. The third-order valence-electron chi connectivity index (χ3n) is 4.41. The van der Waals surface area contributed by atoms with Gasteiger partial charge in [-0.3, -0.25) is 4.79 Å². The number of carbonyl (C=O) groups excluding carboxylic acids is 1. The van der Waals surface area contributed by atoms with Gasteiger partial charge in [0.2, 0.25) is 5.95 Å². The zero-order valence-electron chi connectivity index (χ0n) is 12.5. The lowest BCUT2D eigenvalue weighted by molar-refractivity contribution is -0.181. The number of aromatic nitrogens is 2. The molecule has 1 saturated carbocycles. The fourth-order valence-electron chi connectivity index (χ4n) is 2.96. The van der Waals surface area contributed by atoms with Crippen LogP contribution in [0.4, 0.5) is 5.95 Å². The molecule has 1 aromatic heterocycles. The first-order valence-corrected chi connectivity index (χ1v) is 7.91. The number of piperidine rings is 1. The zero-order chi connectivity index (χ0) is 15.0. The van der Waals surface area contributed by atoms with Gasteiger partial charge in [-0.1, -0.05) is 0 Å². The van der Waals surface area contributed by atoms with Crippen molar-refractivity contribution in [2.75, 3.05) is 31.6 Å². The van der Waals surface area contributed by atoms with Gasteiger partial charge in [0.15, 0.2) is 5.79 Å². The van der Waals surface area contributed by atoms with Crippen molar-refractivity contribution in [2.24, 2.45) is 0 Å². The number of likely N-dealkylation sites (tertiary alicyclic amines) is 1. The van der Waals surface area contributed by atoms with Crippen molar-refractivity contribution in [1.29, 1.82) is 0 Å². The molecule has 1 spiro atoms. The fraction of sp³-hybridized carbons (Fsp3) is 0.667. The number of ether oxygens (including phenoxy) is 2. The van der Waals surface area contributed by atoms with Crippen LogP contribution < -0.4 is 5.32 Å². The monoisotopic (exact) mass is 304 g/mol. The first-order chi connectivity index (χ1) is 10.7. The van der Waals surface area contributed by atoms with E-state index < -0.39 is 5.79 Å². The van der Waals surface area contributed by atoms with E-state index in [-0.39, 0.29) is 5.91 Å². The molecule has 3 aliphatic rings. The Morgan fingerprint density at radius 3 is 2.68 bits per heavy atom. The largest absolute Gasteiger partial charge is 0.351 e. The lowest BCUT2D eigenvalue weighted by atomic mass is 10.0. The lowest BCUT2D eigenvalue weighted by Crippen LogP contribution is -2.47. The number of anilines is 1. The predicted molar refractivity (Wildman–Crippen MR) is 78.4 cm³/mol. The molecule has 0 unspecified atom stereocenters. The SMILES string of the molecule is O=C(c1ccnc(NC2CC2)n1)N1CCC2(CC1)OCCO2. The molecule has 7 nitrogen and oxygen atoms in total. The Morgan fingerprint density at radius 1 is 1.27 bits per heavy atom. The van der Waals surface area contributed by atoms with Gasteiger partial charge in [0.05, 0.1) is 13.2 Å². The van der Waals surface area contributed by atoms with Crippen LogP contribution in [0.1, 0.15) is 36.2 Å². The van der Waals surface area contributed by atoms with Crippen molar-refractivity contribution in [3.8, 4) is 0 Å². The molecule has 1 N–H and O–H groups in total. The zero-order valence-corrected chi connectivity index (χ0v) is 12.5. The topological polar surface area (TPSA) is 76.6 Å². The third-order valence-corrected chi connectivity index (χ3v) is 4.41. The summed E-state index contributed by atoms with van der Waals surface area (Å²) in [7, 11) is 0. The quantitative estimate of drug-likeness (QED) is 0.899. The molecular weight excluding hydrogens is 284 g/mol. The van der Waals surface area contributed by atoms with Crippen LogP contribution in [-0.2, 0) is 9.47 Å². The molecule has 1 aliphatic carbocycles. The second kappa shape index (κ2) is 5.48. The van der Waals surface area contributed by atoms with Gasteiger partial charge >= 0.3 is 0 Å². The molecule has 2 saturated heterocycles. The predicted octanol–water partition coefficient (Wildman–Crippen LogP) is 1.03. The van der Waals surface area contributed by atoms with Crippen LogP contribution in [0.2, 0.25) is 0 Å². The minimum atomic E-state index is -0.457. The van der Waals surface area contributed by atoms with Crippen molar-refractivity contribution in [3.63, 3.8) is 0 Å². The van der Waals surface area contributed by atoms with Gasteiger partial charge in [0.25, 0.3) is 5.91 Å². The molecule has 2 aliphatic heterocycles. The third kappa shape index (κ3) is 2.78. The summed E-state index contributed by atoms with van der Waals surface area (Å²) in [6.45, 7) is 2.56. The molecule has 0 radical (unpaired) electrons. The van der Waals surface area contributed by atoms with Gasteiger partial charge in [0, 0.05) is 38.2 Å². The Kier molecular flexibility index (Phi) is 3.46. The summed E-state index contributed by atoms with van der Waals surface area (Å²) in [5, 5.41) is 3.22. The van der Waals surface area contributed by atoms with Gasteiger partial charge in [-0.2, -0.15) is 0 Å². The van der Waals surface area contributed by atoms with Crippen LogP contribution in [0.25, 0.3) is 0 Å². The minimum absolute atomic E-state index is 0.0471. The van der Waals surface area contributed by atoms with Crippen molar-refractivity contribution in [3.05, 3.63) is 18.0 Å². The molecule has 0 atom stereocenters. The van der Waals surface area contributed by atoms with E-state index in [1.54, 1.807) is 12.3 Å². The second-order valence-electron chi connectivity index (χ2n) is 6.08. The second-order valence-corrected chi connectivity index (χ2v) is 6.08. The first-order valence-electron chi connectivity index (χ1n) is 7.91. The van der Waals surface area contributed by atoms with E-state index in [0.29, 0.717) is 44.0 Å². The van der Waals surface area contributed by atoms with E-state index in [4.69, 9.17) is 9.47 Å². The van der Waals surface area contributed by atoms with Crippen LogP contribution >= 0.6 is 0 Å². The van der Waals surface area contributed by atoms with Crippen LogP contribution in [0.15, 0.2) is 12.3 Å². The summed E-state index contributed by atoms with van der Waals surface area (Å²) in [5.41, 5.74) is 0.447. The number of carbonyl (C=O) groups is 1. The van der Waals surface area contributed by atoms with Crippen molar-refractivity contribution >= 4 is 11.9 Å². The van der Waals surface area contributed by atoms with Gasteiger partial charge in [-0.25, -0.2) is 9.97 Å². The fourth-order valence-corrected chi connectivity index (χ4v) is 2.96. The van der Waals surface area contributed by atoms with Crippen LogP contribution in [-0.4, -0.2) is 58.9 Å². The highest BCUT2D eigenvalue weighted by Crippen LogP contribution is 2.31. The average Bonchev–Trinajstić information content (AvgIpc) is 3.25. The molecule has 4 rings (SSSR count). The Balaban J connectivity index is 1.41. The van der Waals surface area contributed by atoms with Gasteiger partial charge in [0.1, 0.15) is 5.69 Å². The Morgan fingerprint density at radius 2 is 2.00 bits per heavy atom. The molecule has 3 heterocycles. The van der Waals surface area contributed by atoms with Crippen LogP contribution in [0.5, 0.6) is 0 Å². The summed E-state index contributed by atoms with van der Waals surface area (Å²) in [5.74, 6) is 0.0413. The maximum absolute atomic E-state index is 12.6. The molecule has 22 heavy (non-hydrogen) atoms. The average molecular weight is 304 g/mol. The number of hydrogen-bond acceptors (Lipinski definition) is 6. The lowest BCUT2D eigenvalue weighted by Gasteiger charge is -2.37. The molecule has 0 aromatic carbocycles. The number of rotatable bonds is 3. The van der Waals surface area contributed by atoms with Crippen LogP contribution in [0, 0.1) is 0 Å². The molecule has 118 valence electrons. The minimum Gasteiger partial charge on any atom is -0.351 e. The number of hydrogen-bond donors (Lipinski definition) is 1. The maximum Gasteiger partial charge on any atom is 0.272 e. The summed E-state index contributed by atoms with van der Waals surface area (Å²) in [4.78, 5) is 22.9. The van der Waals surface area contributed by atoms with E-state index in [1.807, 2.05) is 4.90 Å². The van der Waals surface area contributed by atoms with Gasteiger partial charge in [-0.15, -0.1) is 0 Å². The smallest absolute Gasteiger partial charge is 0.272 e. The molecular formula is C15H20N4O3.